The van der Waals surface area contributed by atoms with Gasteiger partial charge in [0.25, 0.3) is 5.69 Å². The summed E-state index contributed by atoms with van der Waals surface area (Å²) in [5, 5.41) is 10.6. The van der Waals surface area contributed by atoms with Crippen LogP contribution in [0.3, 0.4) is 0 Å². The molecule has 5 nitrogen and oxygen atoms in total. The van der Waals surface area contributed by atoms with Crippen molar-refractivity contribution >= 4 is 11.4 Å². The lowest BCUT2D eigenvalue weighted by molar-refractivity contribution is -0.384. The molecule has 18 heavy (non-hydrogen) atoms. The highest BCUT2D eigenvalue weighted by Gasteiger charge is 2.29. The molecule has 1 fully saturated rings. The summed E-state index contributed by atoms with van der Waals surface area (Å²) in [5.74, 6) is 0.533. The van der Waals surface area contributed by atoms with E-state index in [1.165, 1.54) is 12.8 Å². The number of non-ortho nitro benzene ring substituents is 1. The van der Waals surface area contributed by atoms with Crippen molar-refractivity contribution in [1.82, 2.24) is 0 Å². The summed E-state index contributed by atoms with van der Waals surface area (Å²) < 4.78 is 0. The predicted octanol–water partition coefficient (Wildman–Crippen LogP) is 2.16. The summed E-state index contributed by atoms with van der Waals surface area (Å²) in [5.41, 5.74) is 6.94. The van der Waals surface area contributed by atoms with Gasteiger partial charge in [-0.05, 0) is 37.4 Å². The third-order valence-corrected chi connectivity index (χ3v) is 3.89. The van der Waals surface area contributed by atoms with Crippen molar-refractivity contribution < 1.29 is 4.92 Å². The summed E-state index contributed by atoms with van der Waals surface area (Å²) in [6.07, 6.45) is 3.54. The zero-order chi connectivity index (χ0) is 13.1. The van der Waals surface area contributed by atoms with E-state index in [1.807, 2.05) is 19.2 Å². The molecule has 0 spiro atoms. The molecule has 1 saturated carbocycles. The molecule has 0 bridgehead atoms. The predicted molar refractivity (Wildman–Crippen MR) is 71.7 cm³/mol. The molecule has 2 N–H and O–H groups in total. The Bertz CT molecular complexity index is 419. The molecule has 0 heterocycles. The standard InChI is InChI=1S/C13H19N3O2/c1-15(13-4-2-3-10(13)9-14)11-5-7-12(8-6-11)16(17)18/h5-8,10,13H,2-4,9,14H2,1H3. The molecule has 1 aliphatic carbocycles. The monoisotopic (exact) mass is 249 g/mol. The van der Waals surface area contributed by atoms with Crippen molar-refractivity contribution in [2.24, 2.45) is 11.7 Å². The summed E-state index contributed by atoms with van der Waals surface area (Å²) in [6, 6.07) is 7.18. The Balaban J connectivity index is 2.13. The molecule has 0 amide bonds. The van der Waals surface area contributed by atoms with Crippen LogP contribution in [0.15, 0.2) is 24.3 Å². The van der Waals surface area contributed by atoms with E-state index >= 15 is 0 Å². The van der Waals surface area contributed by atoms with Gasteiger partial charge in [0.05, 0.1) is 4.92 Å². The minimum atomic E-state index is -0.373. The average Bonchev–Trinajstić information content (AvgIpc) is 2.86. The normalized spacial score (nSPS) is 23.0. The Kier molecular flexibility index (Phi) is 3.81. The van der Waals surface area contributed by atoms with E-state index in [-0.39, 0.29) is 10.6 Å². The maximum absolute atomic E-state index is 10.6. The van der Waals surface area contributed by atoms with Crippen LogP contribution < -0.4 is 10.6 Å². The number of anilines is 1. The highest BCUT2D eigenvalue weighted by Crippen LogP contribution is 2.32. The lowest BCUT2D eigenvalue weighted by Crippen LogP contribution is -2.37. The first-order valence-electron chi connectivity index (χ1n) is 6.31. The topological polar surface area (TPSA) is 72.4 Å². The van der Waals surface area contributed by atoms with Gasteiger partial charge in [-0.25, -0.2) is 0 Å². The first-order valence-corrected chi connectivity index (χ1v) is 6.31. The van der Waals surface area contributed by atoms with E-state index in [9.17, 15) is 10.1 Å². The van der Waals surface area contributed by atoms with Crippen molar-refractivity contribution in [2.45, 2.75) is 25.3 Å². The Labute approximate surface area is 107 Å². The van der Waals surface area contributed by atoms with Gasteiger partial charge in [0.1, 0.15) is 0 Å². The van der Waals surface area contributed by atoms with Crippen LogP contribution in [0.1, 0.15) is 19.3 Å². The van der Waals surface area contributed by atoms with Crippen LogP contribution in [-0.2, 0) is 0 Å². The number of nitrogens with zero attached hydrogens (tertiary/aromatic N) is 2. The second-order valence-electron chi connectivity index (χ2n) is 4.88. The maximum Gasteiger partial charge on any atom is 0.269 e. The summed E-state index contributed by atoms with van der Waals surface area (Å²) in [6.45, 7) is 0.710. The van der Waals surface area contributed by atoms with Crippen LogP contribution in [-0.4, -0.2) is 24.6 Å². The smallest absolute Gasteiger partial charge is 0.269 e. The molecule has 0 aromatic heterocycles. The zero-order valence-corrected chi connectivity index (χ0v) is 10.6. The lowest BCUT2D eigenvalue weighted by atomic mass is 10.0. The molecule has 1 aromatic carbocycles. The van der Waals surface area contributed by atoms with Crippen molar-refractivity contribution in [3.8, 4) is 0 Å². The van der Waals surface area contributed by atoms with Crippen LogP contribution in [0.4, 0.5) is 11.4 Å². The van der Waals surface area contributed by atoms with E-state index in [0.29, 0.717) is 18.5 Å². The fourth-order valence-electron chi connectivity index (χ4n) is 2.80. The Morgan fingerprint density at radius 3 is 2.61 bits per heavy atom. The molecule has 2 unspecified atom stereocenters. The molecule has 98 valence electrons. The molecule has 0 saturated heterocycles. The first-order chi connectivity index (χ1) is 8.63. The molecular weight excluding hydrogens is 230 g/mol. The fraction of sp³-hybridized carbons (Fsp3) is 0.538. The summed E-state index contributed by atoms with van der Waals surface area (Å²) in [4.78, 5) is 12.4. The molecule has 1 aromatic rings. The van der Waals surface area contributed by atoms with Crippen LogP contribution in [0.5, 0.6) is 0 Å². The highest BCUT2D eigenvalue weighted by atomic mass is 16.6. The number of nitro benzene ring substituents is 1. The third kappa shape index (κ3) is 2.46. The molecular formula is C13H19N3O2. The Morgan fingerprint density at radius 1 is 1.39 bits per heavy atom. The molecule has 0 aliphatic heterocycles. The summed E-state index contributed by atoms with van der Waals surface area (Å²) in [7, 11) is 2.04. The van der Waals surface area contributed by atoms with Crippen molar-refractivity contribution in [3.63, 3.8) is 0 Å². The number of benzene rings is 1. The van der Waals surface area contributed by atoms with E-state index in [4.69, 9.17) is 5.73 Å². The van der Waals surface area contributed by atoms with Gasteiger partial charge in [-0.2, -0.15) is 0 Å². The van der Waals surface area contributed by atoms with Crippen molar-refractivity contribution in [2.75, 3.05) is 18.5 Å². The van der Waals surface area contributed by atoms with E-state index in [2.05, 4.69) is 4.90 Å². The van der Waals surface area contributed by atoms with Gasteiger partial charge >= 0.3 is 0 Å². The minimum absolute atomic E-state index is 0.133. The van der Waals surface area contributed by atoms with Gasteiger partial charge in [-0.1, -0.05) is 6.42 Å². The summed E-state index contributed by atoms with van der Waals surface area (Å²) >= 11 is 0. The number of hydrogen-bond acceptors (Lipinski definition) is 4. The zero-order valence-electron chi connectivity index (χ0n) is 10.6. The molecule has 2 atom stereocenters. The lowest BCUT2D eigenvalue weighted by Gasteiger charge is -2.31. The third-order valence-electron chi connectivity index (χ3n) is 3.89. The van der Waals surface area contributed by atoms with Gasteiger partial charge in [-0.3, -0.25) is 10.1 Å². The molecule has 1 aliphatic rings. The largest absolute Gasteiger partial charge is 0.371 e. The van der Waals surface area contributed by atoms with Crippen LogP contribution in [0.2, 0.25) is 0 Å². The van der Waals surface area contributed by atoms with Crippen molar-refractivity contribution in [1.29, 1.82) is 0 Å². The van der Waals surface area contributed by atoms with Crippen molar-refractivity contribution in [3.05, 3.63) is 34.4 Å². The molecule has 0 radical (unpaired) electrons. The van der Waals surface area contributed by atoms with E-state index in [0.717, 1.165) is 12.1 Å². The van der Waals surface area contributed by atoms with Gasteiger partial charge in [0, 0.05) is 30.9 Å². The molecule has 5 heteroatoms. The quantitative estimate of drug-likeness (QED) is 0.655. The highest BCUT2D eigenvalue weighted by molar-refractivity contribution is 5.51. The molecule has 2 rings (SSSR count). The number of nitrogens with two attached hydrogens (primary N) is 1. The Hall–Kier alpha value is -1.62. The van der Waals surface area contributed by atoms with Gasteiger partial charge in [0.2, 0.25) is 0 Å². The first kappa shape index (κ1) is 12.8. The SMILES string of the molecule is CN(c1ccc([N+](=O)[O-])cc1)C1CCCC1CN. The number of hydrogen-bond donors (Lipinski definition) is 1. The number of nitro groups is 1. The van der Waals surface area contributed by atoms with Gasteiger partial charge in [-0.15, -0.1) is 0 Å². The van der Waals surface area contributed by atoms with E-state index < -0.39 is 0 Å². The van der Waals surface area contributed by atoms with Crippen LogP contribution in [0.25, 0.3) is 0 Å². The van der Waals surface area contributed by atoms with Gasteiger partial charge < -0.3 is 10.6 Å². The average molecular weight is 249 g/mol. The Morgan fingerprint density at radius 2 is 2.06 bits per heavy atom. The second kappa shape index (κ2) is 5.35. The van der Waals surface area contributed by atoms with Crippen LogP contribution in [0, 0.1) is 16.0 Å². The second-order valence-corrected chi connectivity index (χ2v) is 4.88. The van der Waals surface area contributed by atoms with Crippen LogP contribution >= 0.6 is 0 Å². The minimum Gasteiger partial charge on any atom is -0.371 e. The maximum atomic E-state index is 10.6. The van der Waals surface area contributed by atoms with Gasteiger partial charge in [0.15, 0.2) is 0 Å². The number of rotatable bonds is 4. The fourth-order valence-corrected chi connectivity index (χ4v) is 2.80. The van der Waals surface area contributed by atoms with E-state index in [1.54, 1.807) is 12.1 Å².